The topological polar surface area (TPSA) is 79.1 Å². The second-order valence-corrected chi connectivity index (χ2v) is 9.04. The molecule has 7 nitrogen and oxygen atoms in total. The third-order valence-electron chi connectivity index (χ3n) is 6.96. The summed E-state index contributed by atoms with van der Waals surface area (Å²) in [6.07, 6.45) is 3.63. The van der Waals surface area contributed by atoms with Crippen LogP contribution in [-0.4, -0.2) is 73.0 Å². The van der Waals surface area contributed by atoms with E-state index in [-0.39, 0.29) is 42.2 Å². The molecular formula is C22H33ClN4O3. The van der Waals surface area contributed by atoms with Gasteiger partial charge in [-0.15, -0.1) is 12.4 Å². The van der Waals surface area contributed by atoms with Gasteiger partial charge in [0.05, 0.1) is 18.7 Å². The van der Waals surface area contributed by atoms with Gasteiger partial charge in [0.25, 0.3) is 0 Å². The van der Waals surface area contributed by atoms with E-state index in [1.165, 1.54) is 0 Å². The normalized spacial score (nSPS) is 26.9. The van der Waals surface area contributed by atoms with Crippen molar-refractivity contribution >= 4 is 24.3 Å². The summed E-state index contributed by atoms with van der Waals surface area (Å²) in [4.78, 5) is 31.6. The zero-order valence-electron chi connectivity index (χ0n) is 18.0. The maximum atomic E-state index is 13.1. The van der Waals surface area contributed by atoms with Gasteiger partial charge in [-0.05, 0) is 30.5 Å². The molecule has 2 heterocycles. The van der Waals surface area contributed by atoms with Gasteiger partial charge in [0, 0.05) is 45.6 Å². The van der Waals surface area contributed by atoms with Crippen LogP contribution < -0.4 is 10.5 Å². The monoisotopic (exact) mass is 436 g/mol. The molecule has 166 valence electrons. The lowest BCUT2D eigenvalue weighted by Gasteiger charge is -2.33. The number of halogens is 1. The molecule has 1 aromatic rings. The number of hydrogen-bond acceptors (Lipinski definition) is 4. The maximum absolute atomic E-state index is 13.1. The van der Waals surface area contributed by atoms with Crippen LogP contribution in [0.4, 0.5) is 4.79 Å². The highest BCUT2D eigenvalue weighted by molar-refractivity contribution is 5.87. The van der Waals surface area contributed by atoms with Gasteiger partial charge in [-0.3, -0.25) is 4.79 Å². The van der Waals surface area contributed by atoms with E-state index in [1.807, 2.05) is 34.1 Å². The van der Waals surface area contributed by atoms with Crippen LogP contribution in [0.1, 0.15) is 37.3 Å². The van der Waals surface area contributed by atoms with Crippen molar-refractivity contribution in [1.82, 2.24) is 14.7 Å². The zero-order valence-corrected chi connectivity index (χ0v) is 18.9. The van der Waals surface area contributed by atoms with Gasteiger partial charge in [0.15, 0.2) is 0 Å². The number of nitrogens with two attached hydrogens (primary N) is 1. The van der Waals surface area contributed by atoms with Gasteiger partial charge >= 0.3 is 6.03 Å². The summed E-state index contributed by atoms with van der Waals surface area (Å²) in [6, 6.07) is 7.92. The van der Waals surface area contributed by atoms with Gasteiger partial charge in [0.1, 0.15) is 5.75 Å². The van der Waals surface area contributed by atoms with E-state index < -0.39 is 5.54 Å². The second kappa shape index (κ2) is 8.63. The SMILES string of the molecule is COc1ccc([C@H]2[C@@H]3CN(C(=O)C4(N)CCCC4)C[C@@H]3CN2C(=O)N(C)C)cc1.Cl. The Balaban J connectivity index is 0.00000256. The number of amides is 3. The van der Waals surface area contributed by atoms with Gasteiger partial charge in [-0.1, -0.05) is 25.0 Å². The molecule has 3 aliphatic rings. The van der Waals surface area contributed by atoms with E-state index >= 15 is 0 Å². The molecule has 30 heavy (non-hydrogen) atoms. The van der Waals surface area contributed by atoms with E-state index in [9.17, 15) is 9.59 Å². The van der Waals surface area contributed by atoms with Crippen LogP contribution >= 0.6 is 12.4 Å². The number of likely N-dealkylation sites (tertiary alicyclic amines) is 2. The summed E-state index contributed by atoms with van der Waals surface area (Å²) in [6.45, 7) is 2.02. The number of carbonyl (C=O) groups is 2. The Labute approximate surface area is 184 Å². The molecule has 4 rings (SSSR count). The van der Waals surface area contributed by atoms with Crippen molar-refractivity contribution in [2.24, 2.45) is 17.6 Å². The van der Waals surface area contributed by atoms with Crippen molar-refractivity contribution in [3.8, 4) is 5.75 Å². The predicted octanol–water partition coefficient (Wildman–Crippen LogP) is 2.50. The Bertz CT molecular complexity index is 779. The number of urea groups is 1. The fourth-order valence-corrected chi connectivity index (χ4v) is 5.43. The van der Waals surface area contributed by atoms with Crippen LogP contribution in [0.15, 0.2) is 24.3 Å². The summed E-state index contributed by atoms with van der Waals surface area (Å²) >= 11 is 0. The van der Waals surface area contributed by atoms with Crippen molar-refractivity contribution in [3.05, 3.63) is 29.8 Å². The first-order valence-corrected chi connectivity index (χ1v) is 10.5. The first kappa shape index (κ1) is 22.7. The van der Waals surface area contributed by atoms with Crippen molar-refractivity contribution in [2.75, 3.05) is 40.8 Å². The van der Waals surface area contributed by atoms with Gasteiger partial charge in [-0.25, -0.2) is 4.79 Å². The van der Waals surface area contributed by atoms with E-state index in [0.29, 0.717) is 19.6 Å². The molecule has 3 atom stereocenters. The van der Waals surface area contributed by atoms with E-state index in [2.05, 4.69) is 0 Å². The summed E-state index contributed by atoms with van der Waals surface area (Å²) in [7, 11) is 5.22. The third-order valence-corrected chi connectivity index (χ3v) is 6.96. The van der Waals surface area contributed by atoms with Crippen molar-refractivity contribution in [2.45, 2.75) is 37.3 Å². The smallest absolute Gasteiger partial charge is 0.320 e. The molecule has 0 radical (unpaired) electrons. The van der Waals surface area contributed by atoms with Gasteiger partial charge in [0.2, 0.25) is 5.91 Å². The average Bonchev–Trinajstić information content (AvgIpc) is 3.41. The summed E-state index contributed by atoms with van der Waals surface area (Å²) in [5.74, 6) is 1.40. The van der Waals surface area contributed by atoms with Gasteiger partial charge in [-0.2, -0.15) is 0 Å². The molecule has 1 saturated carbocycles. The van der Waals surface area contributed by atoms with Crippen molar-refractivity contribution < 1.29 is 14.3 Å². The number of fused-ring (bicyclic) bond motifs is 1. The second-order valence-electron chi connectivity index (χ2n) is 9.04. The first-order chi connectivity index (χ1) is 13.8. The third kappa shape index (κ3) is 3.85. The fourth-order valence-electron chi connectivity index (χ4n) is 5.43. The number of rotatable bonds is 3. The lowest BCUT2D eigenvalue weighted by Crippen LogP contribution is -2.53. The molecule has 1 aromatic carbocycles. The Morgan fingerprint density at radius 2 is 1.73 bits per heavy atom. The van der Waals surface area contributed by atoms with Crippen LogP contribution in [0.5, 0.6) is 5.75 Å². The summed E-state index contributed by atoms with van der Waals surface area (Å²) in [5.41, 5.74) is 6.85. The summed E-state index contributed by atoms with van der Waals surface area (Å²) < 4.78 is 5.29. The summed E-state index contributed by atoms with van der Waals surface area (Å²) in [5, 5.41) is 0. The van der Waals surface area contributed by atoms with Crippen molar-refractivity contribution in [1.29, 1.82) is 0 Å². The highest BCUT2D eigenvalue weighted by atomic mass is 35.5. The zero-order chi connectivity index (χ0) is 20.8. The molecule has 2 aliphatic heterocycles. The molecule has 0 bridgehead atoms. The number of carbonyl (C=O) groups excluding carboxylic acids is 2. The Hall–Kier alpha value is -1.99. The Morgan fingerprint density at radius 1 is 1.10 bits per heavy atom. The molecule has 3 amide bonds. The quantitative estimate of drug-likeness (QED) is 0.789. The lowest BCUT2D eigenvalue weighted by molar-refractivity contribution is -0.136. The number of ether oxygens (including phenoxy) is 1. The molecule has 2 saturated heterocycles. The molecule has 1 aliphatic carbocycles. The standard InChI is InChI=1S/C22H32N4O3.ClH/c1-24(2)21(28)26-13-16-12-25(20(27)22(23)10-4-5-11-22)14-18(16)19(26)15-6-8-17(29-3)9-7-15;/h6-9,16,18-19H,4-5,10-14,23H2,1-3H3;1H/t16-,18-,19+;/m1./s1. The molecule has 0 aromatic heterocycles. The minimum atomic E-state index is -0.687. The largest absolute Gasteiger partial charge is 0.497 e. The van der Waals surface area contributed by atoms with E-state index in [1.54, 1.807) is 26.1 Å². The highest BCUT2D eigenvalue weighted by Crippen LogP contribution is 2.46. The Morgan fingerprint density at radius 3 is 2.30 bits per heavy atom. The predicted molar refractivity (Wildman–Crippen MR) is 118 cm³/mol. The average molecular weight is 437 g/mol. The van der Waals surface area contributed by atoms with Crippen molar-refractivity contribution in [3.63, 3.8) is 0 Å². The number of nitrogens with zero attached hydrogens (tertiary/aromatic N) is 3. The number of benzene rings is 1. The van der Waals surface area contributed by atoms with Crippen LogP contribution in [0, 0.1) is 11.8 Å². The van der Waals surface area contributed by atoms with Crippen LogP contribution in [-0.2, 0) is 4.79 Å². The minimum absolute atomic E-state index is 0. The van der Waals surface area contributed by atoms with Crippen LogP contribution in [0.2, 0.25) is 0 Å². The molecule has 3 fully saturated rings. The Kier molecular flexibility index (Phi) is 6.53. The lowest BCUT2D eigenvalue weighted by atomic mass is 9.89. The number of methoxy groups -OCH3 is 1. The van der Waals surface area contributed by atoms with Crippen LogP contribution in [0.3, 0.4) is 0 Å². The minimum Gasteiger partial charge on any atom is -0.497 e. The molecule has 2 N–H and O–H groups in total. The van der Waals surface area contributed by atoms with Gasteiger partial charge < -0.3 is 25.2 Å². The maximum Gasteiger partial charge on any atom is 0.320 e. The molecule has 8 heteroatoms. The highest BCUT2D eigenvalue weighted by Gasteiger charge is 2.52. The fraction of sp³-hybridized carbons (Fsp3) is 0.636. The molecule has 0 unspecified atom stereocenters. The number of hydrogen-bond donors (Lipinski definition) is 1. The first-order valence-electron chi connectivity index (χ1n) is 10.5. The van der Waals surface area contributed by atoms with E-state index in [4.69, 9.17) is 10.5 Å². The molecular weight excluding hydrogens is 404 g/mol. The van der Waals surface area contributed by atoms with E-state index in [0.717, 1.165) is 37.0 Å². The van der Waals surface area contributed by atoms with Crippen LogP contribution in [0.25, 0.3) is 0 Å². The molecule has 0 spiro atoms.